The van der Waals surface area contributed by atoms with Crippen molar-refractivity contribution in [2.24, 2.45) is 5.73 Å². The van der Waals surface area contributed by atoms with Crippen molar-refractivity contribution in [1.82, 2.24) is 4.98 Å². The normalized spacial score (nSPS) is 10.5. The van der Waals surface area contributed by atoms with E-state index in [9.17, 15) is 4.79 Å². The molecule has 0 amide bonds. The highest BCUT2D eigenvalue weighted by molar-refractivity contribution is 7.11. The minimum atomic E-state index is 0.240. The summed E-state index contributed by atoms with van der Waals surface area (Å²) in [6.45, 7) is 4.59. The quantitative estimate of drug-likeness (QED) is 0.806. The zero-order valence-corrected chi connectivity index (χ0v) is 9.49. The van der Waals surface area contributed by atoms with Gasteiger partial charge in [-0.25, -0.2) is 4.98 Å². The highest BCUT2D eigenvalue weighted by Gasteiger charge is 2.08. The standard InChI is InChI=1S/C10H16N2OS/c1-7-8(2)14-10(12-7)6-9(13)4-3-5-11/h3-6,11H2,1-2H3. The van der Waals surface area contributed by atoms with Gasteiger partial charge in [0.15, 0.2) is 0 Å². The van der Waals surface area contributed by atoms with Crippen molar-refractivity contribution in [3.63, 3.8) is 0 Å². The number of nitrogens with two attached hydrogens (primary N) is 1. The Bertz CT molecular complexity index is 300. The minimum absolute atomic E-state index is 0.240. The molecule has 78 valence electrons. The third-order valence-electron chi connectivity index (χ3n) is 2.08. The highest BCUT2D eigenvalue weighted by atomic mass is 32.1. The first-order valence-electron chi connectivity index (χ1n) is 4.78. The van der Waals surface area contributed by atoms with E-state index in [0.29, 0.717) is 19.4 Å². The van der Waals surface area contributed by atoms with Crippen LogP contribution in [-0.2, 0) is 11.2 Å². The minimum Gasteiger partial charge on any atom is -0.330 e. The van der Waals surface area contributed by atoms with Crippen LogP contribution >= 0.6 is 11.3 Å². The van der Waals surface area contributed by atoms with Crippen LogP contribution in [0.1, 0.15) is 28.4 Å². The lowest BCUT2D eigenvalue weighted by molar-refractivity contribution is -0.118. The van der Waals surface area contributed by atoms with Gasteiger partial charge < -0.3 is 5.73 Å². The lowest BCUT2D eigenvalue weighted by Crippen LogP contribution is -2.06. The summed E-state index contributed by atoms with van der Waals surface area (Å²) < 4.78 is 0. The second-order valence-corrected chi connectivity index (χ2v) is 4.64. The molecular formula is C10H16N2OS. The highest BCUT2D eigenvalue weighted by Crippen LogP contribution is 2.17. The molecule has 3 nitrogen and oxygen atoms in total. The van der Waals surface area contributed by atoms with Crippen molar-refractivity contribution in [3.8, 4) is 0 Å². The Morgan fingerprint density at radius 2 is 2.21 bits per heavy atom. The van der Waals surface area contributed by atoms with Crippen LogP contribution in [0.4, 0.5) is 0 Å². The molecule has 0 aliphatic carbocycles. The number of hydrogen-bond acceptors (Lipinski definition) is 4. The van der Waals surface area contributed by atoms with Crippen LogP contribution in [0.25, 0.3) is 0 Å². The topological polar surface area (TPSA) is 56.0 Å². The van der Waals surface area contributed by atoms with Gasteiger partial charge in [0, 0.05) is 11.3 Å². The number of carbonyl (C=O) groups is 1. The van der Waals surface area contributed by atoms with Crippen LogP contribution in [0.5, 0.6) is 0 Å². The number of carbonyl (C=O) groups excluding carboxylic acids is 1. The van der Waals surface area contributed by atoms with E-state index >= 15 is 0 Å². The van der Waals surface area contributed by atoms with Crippen LogP contribution in [0.3, 0.4) is 0 Å². The number of thiazole rings is 1. The van der Waals surface area contributed by atoms with Crippen LogP contribution in [-0.4, -0.2) is 17.3 Å². The number of aromatic nitrogens is 1. The summed E-state index contributed by atoms with van der Waals surface area (Å²) in [5.41, 5.74) is 6.37. The largest absolute Gasteiger partial charge is 0.330 e. The fourth-order valence-corrected chi connectivity index (χ4v) is 2.13. The molecule has 14 heavy (non-hydrogen) atoms. The van der Waals surface area contributed by atoms with Gasteiger partial charge in [0.05, 0.1) is 12.1 Å². The Hall–Kier alpha value is -0.740. The Kier molecular flexibility index (Phi) is 4.22. The first-order valence-corrected chi connectivity index (χ1v) is 5.59. The molecule has 0 fully saturated rings. The first-order chi connectivity index (χ1) is 6.63. The van der Waals surface area contributed by atoms with E-state index in [1.807, 2.05) is 13.8 Å². The molecule has 0 unspecified atom stereocenters. The molecular weight excluding hydrogens is 196 g/mol. The molecule has 1 aromatic heterocycles. The van der Waals surface area contributed by atoms with E-state index in [1.54, 1.807) is 11.3 Å². The van der Waals surface area contributed by atoms with Crippen molar-refractivity contribution in [1.29, 1.82) is 0 Å². The van der Waals surface area contributed by atoms with Gasteiger partial charge in [0.25, 0.3) is 0 Å². The van der Waals surface area contributed by atoms with Crippen LogP contribution in [0.15, 0.2) is 0 Å². The third-order valence-corrected chi connectivity index (χ3v) is 3.15. The lowest BCUT2D eigenvalue weighted by atomic mass is 10.2. The number of hydrogen-bond donors (Lipinski definition) is 1. The average Bonchev–Trinajstić information content (AvgIpc) is 2.42. The van der Waals surface area contributed by atoms with E-state index in [1.165, 1.54) is 4.88 Å². The molecule has 4 heteroatoms. The first kappa shape index (κ1) is 11.3. The number of ketones is 1. The van der Waals surface area contributed by atoms with Crippen molar-refractivity contribution in [3.05, 3.63) is 15.6 Å². The number of rotatable bonds is 5. The Labute approximate surface area is 88.3 Å². The van der Waals surface area contributed by atoms with Gasteiger partial charge in [-0.2, -0.15) is 0 Å². The van der Waals surface area contributed by atoms with Crippen molar-refractivity contribution in [2.75, 3.05) is 6.54 Å². The summed E-state index contributed by atoms with van der Waals surface area (Å²) in [6.07, 6.45) is 1.83. The zero-order valence-electron chi connectivity index (χ0n) is 8.67. The molecule has 2 N–H and O–H groups in total. The predicted octanol–water partition coefficient (Wildman–Crippen LogP) is 1.61. The van der Waals surface area contributed by atoms with E-state index in [0.717, 1.165) is 17.1 Å². The van der Waals surface area contributed by atoms with Gasteiger partial charge >= 0.3 is 0 Å². The maximum Gasteiger partial charge on any atom is 0.139 e. The Balaban J connectivity index is 2.48. The fourth-order valence-electron chi connectivity index (χ4n) is 1.17. The zero-order chi connectivity index (χ0) is 10.6. The molecule has 0 radical (unpaired) electrons. The van der Waals surface area contributed by atoms with Gasteiger partial charge in [0.1, 0.15) is 10.8 Å². The second-order valence-electron chi connectivity index (χ2n) is 3.36. The maximum atomic E-state index is 11.4. The molecule has 0 aliphatic heterocycles. The van der Waals surface area contributed by atoms with E-state index < -0.39 is 0 Å². The molecule has 0 aliphatic rings. The van der Waals surface area contributed by atoms with Crippen LogP contribution in [0.2, 0.25) is 0 Å². The predicted molar refractivity (Wildman–Crippen MR) is 58.6 cm³/mol. The third kappa shape index (κ3) is 3.20. The average molecular weight is 212 g/mol. The van der Waals surface area contributed by atoms with Crippen molar-refractivity contribution < 1.29 is 4.79 Å². The van der Waals surface area contributed by atoms with Gasteiger partial charge in [-0.1, -0.05) is 0 Å². The molecule has 1 rings (SSSR count). The van der Waals surface area contributed by atoms with E-state index in [4.69, 9.17) is 5.73 Å². The molecule has 1 heterocycles. The Morgan fingerprint density at radius 1 is 1.50 bits per heavy atom. The summed E-state index contributed by atoms with van der Waals surface area (Å²) in [6, 6.07) is 0. The summed E-state index contributed by atoms with van der Waals surface area (Å²) >= 11 is 1.61. The summed E-state index contributed by atoms with van der Waals surface area (Å²) in [5, 5.41) is 0.932. The van der Waals surface area contributed by atoms with Crippen molar-refractivity contribution in [2.45, 2.75) is 33.1 Å². The van der Waals surface area contributed by atoms with Gasteiger partial charge in [-0.15, -0.1) is 11.3 Å². The Morgan fingerprint density at radius 3 is 2.71 bits per heavy atom. The molecule has 0 spiro atoms. The number of nitrogens with zero attached hydrogens (tertiary/aromatic N) is 1. The number of Topliss-reactive ketones (excluding diaryl/α,β-unsaturated/α-hetero) is 1. The number of aryl methyl sites for hydroxylation is 2. The SMILES string of the molecule is Cc1nc(CC(=O)CCCN)sc1C. The maximum absolute atomic E-state index is 11.4. The van der Waals surface area contributed by atoms with Crippen LogP contribution < -0.4 is 5.73 Å². The summed E-state index contributed by atoms with van der Waals surface area (Å²) in [7, 11) is 0. The molecule has 1 aromatic rings. The molecule has 0 atom stereocenters. The lowest BCUT2D eigenvalue weighted by Gasteiger charge is -1.95. The molecule has 0 saturated heterocycles. The smallest absolute Gasteiger partial charge is 0.139 e. The monoisotopic (exact) mass is 212 g/mol. The van der Waals surface area contributed by atoms with E-state index in [2.05, 4.69) is 4.98 Å². The fraction of sp³-hybridized carbons (Fsp3) is 0.600. The molecule has 0 aromatic carbocycles. The van der Waals surface area contributed by atoms with Crippen molar-refractivity contribution >= 4 is 17.1 Å². The summed E-state index contributed by atoms with van der Waals surface area (Å²) in [4.78, 5) is 16.9. The van der Waals surface area contributed by atoms with E-state index in [-0.39, 0.29) is 5.78 Å². The van der Waals surface area contributed by atoms with Crippen LogP contribution in [0, 0.1) is 13.8 Å². The molecule has 0 saturated carbocycles. The van der Waals surface area contributed by atoms with Gasteiger partial charge in [0.2, 0.25) is 0 Å². The second kappa shape index (κ2) is 5.22. The molecule has 0 bridgehead atoms. The summed E-state index contributed by atoms with van der Waals surface area (Å²) in [5.74, 6) is 0.240. The van der Waals surface area contributed by atoms with Gasteiger partial charge in [-0.05, 0) is 26.8 Å². The van der Waals surface area contributed by atoms with Gasteiger partial charge in [-0.3, -0.25) is 4.79 Å².